The Bertz CT molecular complexity index is 615. The molecular weight excluding hydrogens is 254 g/mol. The molecule has 2 N–H and O–H groups in total. The number of hydrogen-bond donors (Lipinski definition) is 2. The Morgan fingerprint density at radius 2 is 2.45 bits per heavy atom. The average molecular weight is 273 g/mol. The van der Waals surface area contributed by atoms with Crippen molar-refractivity contribution < 1.29 is 9.53 Å². The monoisotopic (exact) mass is 273 g/mol. The van der Waals surface area contributed by atoms with Crippen molar-refractivity contribution in [3.63, 3.8) is 0 Å². The highest BCUT2D eigenvalue weighted by molar-refractivity contribution is 5.97. The summed E-state index contributed by atoms with van der Waals surface area (Å²) in [6.45, 7) is 3.44. The fourth-order valence-electron chi connectivity index (χ4n) is 2.49. The number of benzene rings is 1. The predicted octanol–water partition coefficient (Wildman–Crippen LogP) is 2.03. The summed E-state index contributed by atoms with van der Waals surface area (Å²) in [5, 5.41) is 2.93. The van der Waals surface area contributed by atoms with Crippen molar-refractivity contribution in [2.45, 2.75) is 32.3 Å². The van der Waals surface area contributed by atoms with E-state index >= 15 is 0 Å². The van der Waals surface area contributed by atoms with Gasteiger partial charge in [-0.3, -0.25) is 4.79 Å². The molecule has 1 aromatic carbocycles. The number of carbonyl (C=O) groups is 1. The van der Waals surface area contributed by atoms with Crippen molar-refractivity contribution >= 4 is 16.9 Å². The van der Waals surface area contributed by atoms with Crippen molar-refractivity contribution in [3.05, 3.63) is 29.6 Å². The minimum absolute atomic E-state index is 0.0601. The van der Waals surface area contributed by atoms with Crippen molar-refractivity contribution in [2.24, 2.45) is 0 Å². The average Bonchev–Trinajstić information content (AvgIpc) is 3.12. The molecule has 1 aliphatic heterocycles. The first-order valence-electron chi connectivity index (χ1n) is 7.14. The third-order valence-electron chi connectivity index (χ3n) is 3.64. The summed E-state index contributed by atoms with van der Waals surface area (Å²) in [5.41, 5.74) is 2.46. The fraction of sp³-hybridized carbons (Fsp3) is 0.467. The summed E-state index contributed by atoms with van der Waals surface area (Å²) in [5.74, 6) is 0.881. The van der Waals surface area contributed by atoms with Crippen LogP contribution in [-0.2, 0) is 11.2 Å². The van der Waals surface area contributed by atoms with Gasteiger partial charge in [-0.2, -0.15) is 0 Å². The van der Waals surface area contributed by atoms with Crippen LogP contribution >= 0.6 is 0 Å². The molecule has 0 saturated carbocycles. The van der Waals surface area contributed by atoms with E-state index in [0.29, 0.717) is 12.1 Å². The zero-order valence-electron chi connectivity index (χ0n) is 11.6. The summed E-state index contributed by atoms with van der Waals surface area (Å²) in [6, 6.07) is 5.55. The molecule has 20 heavy (non-hydrogen) atoms. The van der Waals surface area contributed by atoms with E-state index in [1.807, 2.05) is 25.1 Å². The maximum atomic E-state index is 12.1. The first-order valence-corrected chi connectivity index (χ1v) is 7.14. The van der Waals surface area contributed by atoms with Gasteiger partial charge in [0, 0.05) is 25.1 Å². The number of aromatic nitrogens is 2. The molecule has 1 amide bonds. The number of carbonyl (C=O) groups excluding carboxylic acids is 1. The molecule has 5 heteroatoms. The molecule has 5 nitrogen and oxygen atoms in total. The Balaban J connectivity index is 1.70. The van der Waals surface area contributed by atoms with E-state index in [1.165, 1.54) is 0 Å². The number of H-pyrrole nitrogens is 1. The molecule has 0 aliphatic carbocycles. The second kappa shape index (κ2) is 5.63. The van der Waals surface area contributed by atoms with Crippen LogP contribution in [0, 0.1) is 0 Å². The smallest absolute Gasteiger partial charge is 0.251 e. The molecule has 1 aromatic heterocycles. The molecule has 2 aromatic rings. The topological polar surface area (TPSA) is 67.0 Å². The second-order valence-corrected chi connectivity index (χ2v) is 5.11. The highest BCUT2D eigenvalue weighted by atomic mass is 16.5. The number of nitrogens with zero attached hydrogens (tertiary/aromatic N) is 1. The Kier molecular flexibility index (Phi) is 3.69. The molecule has 1 fully saturated rings. The summed E-state index contributed by atoms with van der Waals surface area (Å²) >= 11 is 0. The summed E-state index contributed by atoms with van der Waals surface area (Å²) < 4.78 is 5.50. The van der Waals surface area contributed by atoms with Gasteiger partial charge in [-0.1, -0.05) is 6.92 Å². The molecule has 0 spiro atoms. The van der Waals surface area contributed by atoms with E-state index in [9.17, 15) is 4.79 Å². The molecular formula is C15H19N3O2. The van der Waals surface area contributed by atoms with E-state index < -0.39 is 0 Å². The van der Waals surface area contributed by atoms with Gasteiger partial charge in [0.2, 0.25) is 0 Å². The first-order chi connectivity index (χ1) is 9.76. The largest absolute Gasteiger partial charge is 0.376 e. The zero-order valence-corrected chi connectivity index (χ0v) is 11.6. The highest BCUT2D eigenvalue weighted by Crippen LogP contribution is 2.15. The van der Waals surface area contributed by atoms with Crippen LogP contribution in [0.1, 0.15) is 35.9 Å². The van der Waals surface area contributed by atoms with Gasteiger partial charge in [0.05, 0.1) is 17.1 Å². The van der Waals surface area contributed by atoms with Crippen LogP contribution in [0.3, 0.4) is 0 Å². The summed E-state index contributed by atoms with van der Waals surface area (Å²) in [7, 11) is 0. The lowest BCUT2D eigenvalue weighted by molar-refractivity contribution is 0.0858. The second-order valence-electron chi connectivity index (χ2n) is 5.11. The van der Waals surface area contributed by atoms with Gasteiger partial charge < -0.3 is 15.0 Å². The summed E-state index contributed by atoms with van der Waals surface area (Å²) in [6.07, 6.45) is 3.14. The molecule has 1 atom stereocenters. The van der Waals surface area contributed by atoms with Crippen molar-refractivity contribution in [2.75, 3.05) is 13.2 Å². The molecule has 1 saturated heterocycles. The number of fused-ring (bicyclic) bond motifs is 1. The lowest BCUT2D eigenvalue weighted by Crippen LogP contribution is -2.31. The number of imidazole rings is 1. The fourth-order valence-corrected chi connectivity index (χ4v) is 2.49. The van der Waals surface area contributed by atoms with Gasteiger partial charge in [0.1, 0.15) is 5.82 Å². The molecule has 0 bridgehead atoms. The van der Waals surface area contributed by atoms with Gasteiger partial charge in [0.15, 0.2) is 0 Å². The maximum absolute atomic E-state index is 12.1. The minimum atomic E-state index is -0.0601. The lowest BCUT2D eigenvalue weighted by atomic mass is 10.2. The van der Waals surface area contributed by atoms with Crippen LogP contribution in [0.5, 0.6) is 0 Å². The minimum Gasteiger partial charge on any atom is -0.376 e. The summed E-state index contributed by atoms with van der Waals surface area (Å²) in [4.78, 5) is 19.8. The predicted molar refractivity (Wildman–Crippen MR) is 76.8 cm³/mol. The standard InChI is InChI=1S/C15H19N3O2/c1-2-14-17-12-6-5-10(8-13(12)18-14)15(19)16-9-11-4-3-7-20-11/h5-6,8,11H,2-4,7,9H2,1H3,(H,16,19)(H,17,18). The van der Waals surface area contributed by atoms with Crippen LogP contribution in [0.4, 0.5) is 0 Å². The van der Waals surface area contributed by atoms with Gasteiger partial charge >= 0.3 is 0 Å². The number of amides is 1. The van der Waals surface area contributed by atoms with Crippen molar-refractivity contribution in [1.29, 1.82) is 0 Å². The third-order valence-corrected chi connectivity index (χ3v) is 3.64. The van der Waals surface area contributed by atoms with Crippen molar-refractivity contribution in [1.82, 2.24) is 15.3 Å². The van der Waals surface area contributed by atoms with E-state index in [-0.39, 0.29) is 12.0 Å². The normalized spacial score (nSPS) is 18.6. The Morgan fingerprint density at radius 3 is 3.20 bits per heavy atom. The number of hydrogen-bond acceptors (Lipinski definition) is 3. The van der Waals surface area contributed by atoms with E-state index in [1.54, 1.807) is 0 Å². The van der Waals surface area contributed by atoms with Crippen LogP contribution in [0.2, 0.25) is 0 Å². The van der Waals surface area contributed by atoms with Gasteiger partial charge in [-0.25, -0.2) is 4.98 Å². The van der Waals surface area contributed by atoms with E-state index in [2.05, 4.69) is 15.3 Å². The number of nitrogens with one attached hydrogen (secondary N) is 2. The van der Waals surface area contributed by atoms with Gasteiger partial charge in [-0.15, -0.1) is 0 Å². The van der Waals surface area contributed by atoms with Crippen LogP contribution in [0.15, 0.2) is 18.2 Å². The van der Waals surface area contributed by atoms with E-state index in [0.717, 1.165) is 42.7 Å². The molecule has 0 radical (unpaired) electrons. The lowest BCUT2D eigenvalue weighted by Gasteiger charge is -2.10. The molecule has 1 unspecified atom stereocenters. The molecule has 2 heterocycles. The van der Waals surface area contributed by atoms with Crippen LogP contribution in [0.25, 0.3) is 11.0 Å². The Hall–Kier alpha value is -1.88. The van der Waals surface area contributed by atoms with Gasteiger partial charge in [0.25, 0.3) is 5.91 Å². The maximum Gasteiger partial charge on any atom is 0.251 e. The van der Waals surface area contributed by atoms with Gasteiger partial charge in [-0.05, 0) is 31.0 Å². The van der Waals surface area contributed by atoms with Crippen molar-refractivity contribution in [3.8, 4) is 0 Å². The molecule has 106 valence electrons. The van der Waals surface area contributed by atoms with Crippen LogP contribution < -0.4 is 5.32 Å². The molecule has 3 rings (SSSR count). The zero-order chi connectivity index (χ0) is 13.9. The number of rotatable bonds is 4. The van der Waals surface area contributed by atoms with E-state index in [4.69, 9.17) is 4.74 Å². The highest BCUT2D eigenvalue weighted by Gasteiger charge is 2.17. The first kappa shape index (κ1) is 13.1. The quantitative estimate of drug-likeness (QED) is 0.895. The number of aromatic amines is 1. The Labute approximate surface area is 117 Å². The van der Waals surface area contributed by atoms with Crippen LogP contribution in [-0.4, -0.2) is 35.1 Å². The number of ether oxygens (including phenoxy) is 1. The number of aryl methyl sites for hydroxylation is 1. The molecule has 1 aliphatic rings. The SMILES string of the molecule is CCc1nc2ccc(C(=O)NCC3CCCO3)cc2[nH]1. The third kappa shape index (κ3) is 2.67. The Morgan fingerprint density at radius 1 is 1.55 bits per heavy atom.